The molecule has 0 fully saturated rings. The SMILES string of the molecule is CCOC(=O)C(C#N)=NNc1cccc([N+](=O)[O-])c1. The number of hydrogen-bond acceptors (Lipinski definition) is 7. The molecule has 0 spiro atoms. The van der Waals surface area contributed by atoms with E-state index in [2.05, 4.69) is 15.3 Å². The van der Waals surface area contributed by atoms with Crippen LogP contribution >= 0.6 is 0 Å². The molecular formula is C11H10N4O4. The lowest BCUT2D eigenvalue weighted by atomic mass is 10.3. The molecule has 1 rings (SSSR count). The number of nitrogens with one attached hydrogen (secondary N) is 1. The number of rotatable bonds is 5. The van der Waals surface area contributed by atoms with Gasteiger partial charge in [0.1, 0.15) is 6.07 Å². The van der Waals surface area contributed by atoms with Gasteiger partial charge in [0.15, 0.2) is 0 Å². The maximum atomic E-state index is 11.2. The summed E-state index contributed by atoms with van der Waals surface area (Å²) < 4.78 is 4.60. The fourth-order valence-corrected chi connectivity index (χ4v) is 1.13. The molecule has 0 saturated heterocycles. The van der Waals surface area contributed by atoms with Crippen LogP contribution in [0.1, 0.15) is 6.92 Å². The van der Waals surface area contributed by atoms with Gasteiger partial charge in [0, 0.05) is 12.1 Å². The van der Waals surface area contributed by atoms with E-state index in [4.69, 9.17) is 5.26 Å². The van der Waals surface area contributed by atoms with Crippen LogP contribution in [0, 0.1) is 21.4 Å². The van der Waals surface area contributed by atoms with Gasteiger partial charge in [-0.3, -0.25) is 15.5 Å². The van der Waals surface area contributed by atoms with Crippen LogP contribution in [0.2, 0.25) is 0 Å². The standard InChI is InChI=1S/C11H10N4O4/c1-2-19-11(16)10(7-12)14-13-8-4-3-5-9(6-8)15(17)18/h3-6,13H,2H2,1H3. The normalized spacial score (nSPS) is 10.4. The number of nitrogens with zero attached hydrogens (tertiary/aromatic N) is 3. The number of hydrogen-bond donors (Lipinski definition) is 1. The molecule has 0 saturated carbocycles. The Hall–Kier alpha value is -2.95. The molecule has 0 radical (unpaired) electrons. The van der Waals surface area contributed by atoms with E-state index >= 15 is 0 Å². The molecule has 1 aromatic carbocycles. The largest absolute Gasteiger partial charge is 0.461 e. The predicted molar refractivity (Wildman–Crippen MR) is 66.4 cm³/mol. The first kappa shape index (κ1) is 14.1. The summed E-state index contributed by atoms with van der Waals surface area (Å²) in [5, 5.41) is 22.8. The van der Waals surface area contributed by atoms with Crippen LogP contribution in [0.25, 0.3) is 0 Å². The Bertz CT molecular complexity index is 562. The first-order chi connectivity index (χ1) is 9.08. The average molecular weight is 262 g/mol. The number of carbonyl (C=O) groups excluding carboxylic acids is 1. The fraction of sp³-hybridized carbons (Fsp3) is 0.182. The summed E-state index contributed by atoms with van der Waals surface area (Å²) in [6, 6.07) is 7.07. The molecule has 0 aliphatic heterocycles. The zero-order valence-corrected chi connectivity index (χ0v) is 9.99. The number of ether oxygens (including phenoxy) is 1. The fourth-order valence-electron chi connectivity index (χ4n) is 1.13. The second kappa shape index (κ2) is 6.70. The Balaban J connectivity index is 2.84. The zero-order chi connectivity index (χ0) is 14.3. The number of hydrazone groups is 1. The molecule has 98 valence electrons. The molecule has 0 bridgehead atoms. The van der Waals surface area contributed by atoms with Crippen LogP contribution in [0.3, 0.4) is 0 Å². The summed E-state index contributed by atoms with van der Waals surface area (Å²) in [6.07, 6.45) is 0. The number of nitriles is 1. The maximum absolute atomic E-state index is 11.2. The quantitative estimate of drug-likeness (QED) is 0.371. The minimum Gasteiger partial charge on any atom is -0.461 e. The minimum atomic E-state index is -0.858. The molecule has 1 aromatic rings. The van der Waals surface area contributed by atoms with E-state index in [-0.39, 0.29) is 18.0 Å². The molecule has 0 heterocycles. The van der Waals surface area contributed by atoms with Gasteiger partial charge in [-0.1, -0.05) is 6.07 Å². The van der Waals surface area contributed by atoms with Gasteiger partial charge in [0.25, 0.3) is 5.69 Å². The molecule has 1 N–H and O–H groups in total. The van der Waals surface area contributed by atoms with Crippen LogP contribution in [0.15, 0.2) is 29.4 Å². The monoisotopic (exact) mass is 262 g/mol. The highest BCUT2D eigenvalue weighted by Gasteiger charge is 2.12. The molecule has 0 amide bonds. The Morgan fingerprint density at radius 3 is 2.95 bits per heavy atom. The molecular weight excluding hydrogens is 252 g/mol. The summed E-state index contributed by atoms with van der Waals surface area (Å²) in [6.45, 7) is 1.72. The third kappa shape index (κ3) is 4.08. The summed E-state index contributed by atoms with van der Waals surface area (Å²) in [7, 11) is 0. The molecule has 8 nitrogen and oxygen atoms in total. The highest BCUT2D eigenvalue weighted by molar-refractivity contribution is 6.43. The molecule has 0 unspecified atom stereocenters. The Morgan fingerprint density at radius 1 is 1.63 bits per heavy atom. The van der Waals surface area contributed by atoms with Gasteiger partial charge in [-0.2, -0.15) is 10.4 Å². The predicted octanol–water partition coefficient (Wildman–Crippen LogP) is 1.45. The number of nitro groups is 1. The molecule has 0 aliphatic rings. The van der Waals surface area contributed by atoms with Gasteiger partial charge in [-0.15, -0.1) is 0 Å². The van der Waals surface area contributed by atoms with Crippen LogP contribution in [-0.2, 0) is 9.53 Å². The Morgan fingerprint density at radius 2 is 2.37 bits per heavy atom. The molecule has 19 heavy (non-hydrogen) atoms. The van der Waals surface area contributed by atoms with E-state index in [1.807, 2.05) is 0 Å². The first-order valence-electron chi connectivity index (χ1n) is 5.23. The van der Waals surface area contributed by atoms with Crippen LogP contribution in [0.5, 0.6) is 0 Å². The van der Waals surface area contributed by atoms with Crippen molar-refractivity contribution in [2.45, 2.75) is 6.92 Å². The van der Waals surface area contributed by atoms with Crippen LogP contribution < -0.4 is 5.43 Å². The van der Waals surface area contributed by atoms with Crippen molar-refractivity contribution in [3.05, 3.63) is 34.4 Å². The smallest absolute Gasteiger partial charge is 0.369 e. The number of esters is 1. The van der Waals surface area contributed by atoms with Gasteiger partial charge in [-0.25, -0.2) is 4.79 Å². The van der Waals surface area contributed by atoms with E-state index in [0.717, 1.165) is 0 Å². The third-order valence-electron chi connectivity index (χ3n) is 1.93. The van der Waals surface area contributed by atoms with Crippen molar-refractivity contribution in [3.8, 4) is 6.07 Å². The highest BCUT2D eigenvalue weighted by atomic mass is 16.6. The van der Waals surface area contributed by atoms with Gasteiger partial charge in [0.2, 0.25) is 5.71 Å². The minimum absolute atomic E-state index is 0.121. The van der Waals surface area contributed by atoms with E-state index in [9.17, 15) is 14.9 Å². The van der Waals surface area contributed by atoms with Crippen molar-refractivity contribution in [2.24, 2.45) is 5.10 Å². The van der Waals surface area contributed by atoms with E-state index < -0.39 is 16.6 Å². The van der Waals surface area contributed by atoms with E-state index in [1.54, 1.807) is 13.0 Å². The molecule has 0 atom stereocenters. The van der Waals surface area contributed by atoms with Crippen molar-refractivity contribution >= 4 is 23.1 Å². The van der Waals surface area contributed by atoms with E-state index in [0.29, 0.717) is 0 Å². The molecule has 0 aliphatic carbocycles. The lowest BCUT2D eigenvalue weighted by molar-refractivity contribution is -0.384. The topological polar surface area (TPSA) is 118 Å². The number of carbonyl (C=O) groups is 1. The Labute approximate surface area is 108 Å². The number of anilines is 1. The van der Waals surface area contributed by atoms with Crippen molar-refractivity contribution < 1.29 is 14.5 Å². The number of nitro benzene ring substituents is 1. The van der Waals surface area contributed by atoms with Crippen molar-refractivity contribution in [2.75, 3.05) is 12.0 Å². The summed E-state index contributed by atoms with van der Waals surface area (Å²) in [4.78, 5) is 21.2. The Kier molecular flexibility index (Phi) is 4.98. The van der Waals surface area contributed by atoms with Crippen LogP contribution in [0.4, 0.5) is 11.4 Å². The zero-order valence-electron chi connectivity index (χ0n) is 9.99. The second-order valence-corrected chi connectivity index (χ2v) is 3.21. The van der Waals surface area contributed by atoms with Crippen molar-refractivity contribution in [1.82, 2.24) is 0 Å². The van der Waals surface area contributed by atoms with Crippen molar-refractivity contribution in [1.29, 1.82) is 5.26 Å². The first-order valence-corrected chi connectivity index (χ1v) is 5.23. The van der Waals surface area contributed by atoms with Crippen LogP contribution in [-0.4, -0.2) is 23.2 Å². The maximum Gasteiger partial charge on any atom is 0.369 e. The lowest BCUT2D eigenvalue weighted by Gasteiger charge is -2.01. The summed E-state index contributed by atoms with van der Waals surface area (Å²) in [5.74, 6) is -0.858. The lowest BCUT2D eigenvalue weighted by Crippen LogP contribution is -2.17. The second-order valence-electron chi connectivity index (χ2n) is 3.21. The average Bonchev–Trinajstić information content (AvgIpc) is 2.40. The van der Waals surface area contributed by atoms with Gasteiger partial charge in [0.05, 0.1) is 17.2 Å². The van der Waals surface area contributed by atoms with Gasteiger partial charge in [-0.05, 0) is 13.0 Å². The number of benzene rings is 1. The summed E-state index contributed by atoms with van der Waals surface area (Å²) >= 11 is 0. The highest BCUT2D eigenvalue weighted by Crippen LogP contribution is 2.16. The molecule has 0 aromatic heterocycles. The third-order valence-corrected chi connectivity index (χ3v) is 1.93. The van der Waals surface area contributed by atoms with Gasteiger partial charge < -0.3 is 4.74 Å². The van der Waals surface area contributed by atoms with E-state index in [1.165, 1.54) is 24.3 Å². The molecule has 8 heteroatoms. The summed E-state index contributed by atoms with van der Waals surface area (Å²) in [5.41, 5.74) is 2.08. The van der Waals surface area contributed by atoms with Crippen molar-refractivity contribution in [3.63, 3.8) is 0 Å². The van der Waals surface area contributed by atoms with Gasteiger partial charge >= 0.3 is 5.97 Å². The number of non-ortho nitro benzene ring substituents is 1.